The highest BCUT2D eigenvalue weighted by molar-refractivity contribution is 9.08. The van der Waals surface area contributed by atoms with E-state index in [9.17, 15) is 4.79 Å². The highest BCUT2D eigenvalue weighted by Crippen LogP contribution is 2.27. The molecule has 0 bridgehead atoms. The Balaban J connectivity index is 2.05. The van der Waals surface area contributed by atoms with Crippen molar-refractivity contribution in [3.8, 4) is 0 Å². The van der Waals surface area contributed by atoms with Gasteiger partial charge in [0.25, 0.3) is 0 Å². The summed E-state index contributed by atoms with van der Waals surface area (Å²) in [6, 6.07) is 7.93. The maximum Gasteiger partial charge on any atom is 0.227 e. The number of carbonyl (C=O) groups is 1. The maximum atomic E-state index is 12.0. The van der Waals surface area contributed by atoms with Gasteiger partial charge in [0.1, 0.15) is 0 Å². The maximum absolute atomic E-state index is 12.0. The smallest absolute Gasteiger partial charge is 0.227 e. The van der Waals surface area contributed by atoms with Crippen molar-refractivity contribution in [3.05, 3.63) is 29.8 Å². The molecule has 0 atom stereocenters. The van der Waals surface area contributed by atoms with Crippen LogP contribution in [0.5, 0.6) is 0 Å². The molecule has 2 rings (SSSR count). The molecule has 3 heteroatoms. The molecular formula is C13H16BrNO. The Bertz CT molecular complexity index is 372. The third-order valence-corrected chi connectivity index (χ3v) is 3.75. The SMILES string of the molecule is O=C(Nc1ccccc1CBr)C1CCCC1. The first-order chi connectivity index (χ1) is 7.81. The first-order valence-electron chi connectivity index (χ1n) is 5.76. The Morgan fingerprint density at radius 3 is 2.69 bits per heavy atom. The van der Waals surface area contributed by atoms with Crippen LogP contribution in [0.25, 0.3) is 0 Å². The zero-order valence-corrected chi connectivity index (χ0v) is 10.8. The lowest BCUT2D eigenvalue weighted by molar-refractivity contribution is -0.119. The summed E-state index contributed by atoms with van der Waals surface area (Å²) in [4.78, 5) is 12.0. The van der Waals surface area contributed by atoms with Gasteiger partial charge in [0.15, 0.2) is 0 Å². The first kappa shape index (κ1) is 11.6. The Hall–Kier alpha value is -0.830. The van der Waals surface area contributed by atoms with Gasteiger partial charge in [0.2, 0.25) is 5.91 Å². The van der Waals surface area contributed by atoms with Crippen molar-refractivity contribution in [1.29, 1.82) is 0 Å². The Kier molecular flexibility index (Phi) is 3.99. The molecule has 1 fully saturated rings. The van der Waals surface area contributed by atoms with E-state index < -0.39 is 0 Å². The predicted molar refractivity (Wildman–Crippen MR) is 69.7 cm³/mol. The van der Waals surface area contributed by atoms with Crippen molar-refractivity contribution in [2.24, 2.45) is 5.92 Å². The topological polar surface area (TPSA) is 29.1 Å². The fourth-order valence-electron chi connectivity index (χ4n) is 2.18. The molecule has 1 aliphatic carbocycles. The van der Waals surface area contributed by atoms with Crippen LogP contribution in [0.1, 0.15) is 31.2 Å². The minimum absolute atomic E-state index is 0.186. The molecule has 86 valence electrons. The van der Waals surface area contributed by atoms with Crippen LogP contribution in [0.15, 0.2) is 24.3 Å². The van der Waals surface area contributed by atoms with Crippen molar-refractivity contribution in [2.45, 2.75) is 31.0 Å². The van der Waals surface area contributed by atoms with E-state index in [4.69, 9.17) is 0 Å². The third kappa shape index (κ3) is 2.64. The number of para-hydroxylation sites is 1. The molecule has 1 amide bonds. The van der Waals surface area contributed by atoms with Crippen LogP contribution >= 0.6 is 15.9 Å². The molecule has 2 nitrogen and oxygen atoms in total. The zero-order valence-electron chi connectivity index (χ0n) is 9.21. The molecule has 0 aliphatic heterocycles. The summed E-state index contributed by atoms with van der Waals surface area (Å²) in [6.45, 7) is 0. The molecule has 1 aromatic carbocycles. The molecule has 0 spiro atoms. The third-order valence-electron chi connectivity index (χ3n) is 3.15. The number of rotatable bonds is 3. The standard InChI is InChI=1S/C13H16BrNO/c14-9-11-7-3-4-8-12(11)15-13(16)10-5-1-2-6-10/h3-4,7-8,10H,1-2,5-6,9H2,(H,15,16). The highest BCUT2D eigenvalue weighted by atomic mass is 79.9. The van der Waals surface area contributed by atoms with E-state index in [2.05, 4.69) is 21.2 Å². The van der Waals surface area contributed by atoms with Crippen LogP contribution in [0.3, 0.4) is 0 Å². The van der Waals surface area contributed by atoms with Gasteiger partial charge in [-0.2, -0.15) is 0 Å². The second-order valence-corrected chi connectivity index (χ2v) is 4.82. The van der Waals surface area contributed by atoms with Gasteiger partial charge in [-0.25, -0.2) is 0 Å². The number of alkyl halides is 1. The summed E-state index contributed by atoms with van der Waals surface area (Å²) in [5.41, 5.74) is 2.07. The number of hydrogen-bond donors (Lipinski definition) is 1. The van der Waals surface area contributed by atoms with Crippen LogP contribution in [0, 0.1) is 5.92 Å². The van der Waals surface area contributed by atoms with Crippen molar-refractivity contribution in [1.82, 2.24) is 0 Å². The lowest BCUT2D eigenvalue weighted by atomic mass is 10.1. The molecule has 0 radical (unpaired) electrons. The summed E-state index contributed by atoms with van der Waals surface area (Å²) in [5, 5.41) is 3.81. The van der Waals surface area contributed by atoms with Crippen LogP contribution in [0.2, 0.25) is 0 Å². The Labute approximate surface area is 105 Å². The fraction of sp³-hybridized carbons (Fsp3) is 0.462. The Morgan fingerprint density at radius 2 is 2.00 bits per heavy atom. The van der Waals surface area contributed by atoms with Crippen molar-refractivity contribution < 1.29 is 4.79 Å². The van der Waals surface area contributed by atoms with E-state index in [-0.39, 0.29) is 11.8 Å². The number of halogens is 1. The van der Waals surface area contributed by atoms with E-state index in [1.165, 1.54) is 12.8 Å². The molecule has 0 heterocycles. The highest BCUT2D eigenvalue weighted by Gasteiger charge is 2.22. The number of anilines is 1. The Morgan fingerprint density at radius 1 is 1.31 bits per heavy atom. The monoisotopic (exact) mass is 281 g/mol. The molecule has 0 saturated heterocycles. The molecule has 16 heavy (non-hydrogen) atoms. The first-order valence-corrected chi connectivity index (χ1v) is 6.88. The van der Waals surface area contributed by atoms with Crippen LogP contribution < -0.4 is 5.32 Å². The predicted octanol–water partition coefficient (Wildman–Crippen LogP) is 3.71. The summed E-state index contributed by atoms with van der Waals surface area (Å²) in [5.74, 6) is 0.411. The molecular weight excluding hydrogens is 266 g/mol. The number of hydrogen-bond acceptors (Lipinski definition) is 1. The lowest BCUT2D eigenvalue weighted by Gasteiger charge is -2.12. The lowest BCUT2D eigenvalue weighted by Crippen LogP contribution is -2.20. The van der Waals surface area contributed by atoms with Gasteiger partial charge >= 0.3 is 0 Å². The van der Waals surface area contributed by atoms with Crippen molar-refractivity contribution >= 4 is 27.5 Å². The van der Waals surface area contributed by atoms with Crippen molar-refractivity contribution in [3.63, 3.8) is 0 Å². The number of carbonyl (C=O) groups excluding carboxylic acids is 1. The van der Waals surface area contributed by atoms with Crippen LogP contribution in [-0.2, 0) is 10.1 Å². The van der Waals surface area contributed by atoms with Crippen LogP contribution in [-0.4, -0.2) is 5.91 Å². The van der Waals surface area contributed by atoms with Gasteiger partial charge in [-0.15, -0.1) is 0 Å². The second-order valence-electron chi connectivity index (χ2n) is 4.26. The summed E-state index contributed by atoms with van der Waals surface area (Å²) in [7, 11) is 0. The molecule has 0 aromatic heterocycles. The number of benzene rings is 1. The van der Waals surface area contributed by atoms with Crippen molar-refractivity contribution in [2.75, 3.05) is 5.32 Å². The van der Waals surface area contributed by atoms with Gasteiger partial charge in [-0.3, -0.25) is 4.79 Å². The van der Waals surface area contributed by atoms with Gasteiger partial charge in [-0.05, 0) is 24.5 Å². The van der Waals surface area contributed by atoms with E-state index in [1.807, 2.05) is 24.3 Å². The van der Waals surface area contributed by atoms with E-state index in [0.717, 1.165) is 29.4 Å². The van der Waals surface area contributed by atoms with Gasteiger partial charge in [-0.1, -0.05) is 47.0 Å². The van der Waals surface area contributed by atoms with Crippen LogP contribution in [0.4, 0.5) is 5.69 Å². The minimum Gasteiger partial charge on any atom is -0.326 e. The molecule has 1 aliphatic rings. The van der Waals surface area contributed by atoms with Gasteiger partial charge < -0.3 is 5.32 Å². The average Bonchev–Trinajstić information content (AvgIpc) is 2.83. The quantitative estimate of drug-likeness (QED) is 0.841. The summed E-state index contributed by atoms with van der Waals surface area (Å²) >= 11 is 3.43. The van der Waals surface area contributed by atoms with Gasteiger partial charge in [0, 0.05) is 16.9 Å². The number of nitrogens with one attached hydrogen (secondary N) is 1. The summed E-state index contributed by atoms with van der Waals surface area (Å²) < 4.78 is 0. The fourth-order valence-corrected chi connectivity index (χ4v) is 2.67. The van der Waals surface area contributed by atoms with Gasteiger partial charge in [0.05, 0.1) is 0 Å². The van der Waals surface area contributed by atoms with E-state index in [0.29, 0.717) is 0 Å². The number of amides is 1. The molecule has 1 N–H and O–H groups in total. The normalized spacial score (nSPS) is 16.3. The second kappa shape index (κ2) is 5.48. The summed E-state index contributed by atoms with van der Waals surface area (Å²) in [6.07, 6.45) is 4.47. The largest absolute Gasteiger partial charge is 0.326 e. The van der Waals surface area contributed by atoms with E-state index in [1.54, 1.807) is 0 Å². The average molecular weight is 282 g/mol. The molecule has 0 unspecified atom stereocenters. The minimum atomic E-state index is 0.186. The zero-order chi connectivity index (χ0) is 11.4. The van der Waals surface area contributed by atoms with E-state index >= 15 is 0 Å². The molecule has 1 saturated carbocycles. The molecule has 1 aromatic rings.